The number of hydrogen-bond acceptors (Lipinski definition) is 2. The molecule has 1 saturated heterocycles. The van der Waals surface area contributed by atoms with Gasteiger partial charge in [-0.2, -0.15) is 13.2 Å². The van der Waals surface area contributed by atoms with E-state index in [-0.39, 0.29) is 30.4 Å². The van der Waals surface area contributed by atoms with E-state index >= 15 is 0 Å². The van der Waals surface area contributed by atoms with Gasteiger partial charge in [0.15, 0.2) is 0 Å². The molecule has 0 saturated carbocycles. The SMILES string of the molecule is Cl.Cl.NC1(c2ccc(C(F)(F)F)cc2F)CCNCC1. The molecule has 0 amide bonds. The molecule has 0 atom stereocenters. The van der Waals surface area contributed by atoms with Crippen LogP contribution in [0, 0.1) is 5.82 Å². The van der Waals surface area contributed by atoms with Gasteiger partial charge in [-0.15, -0.1) is 24.8 Å². The van der Waals surface area contributed by atoms with E-state index in [1.165, 1.54) is 0 Å². The molecule has 1 fully saturated rings. The van der Waals surface area contributed by atoms with Gasteiger partial charge in [0, 0.05) is 11.1 Å². The van der Waals surface area contributed by atoms with Crippen molar-refractivity contribution in [2.24, 2.45) is 5.73 Å². The van der Waals surface area contributed by atoms with E-state index in [1.54, 1.807) is 0 Å². The molecular weight excluding hydrogens is 319 g/mol. The van der Waals surface area contributed by atoms with Crippen LogP contribution in [0.5, 0.6) is 0 Å². The molecule has 1 aliphatic heterocycles. The van der Waals surface area contributed by atoms with Gasteiger partial charge < -0.3 is 11.1 Å². The lowest BCUT2D eigenvalue weighted by atomic mass is 9.82. The number of nitrogens with one attached hydrogen (secondary N) is 1. The molecule has 0 spiro atoms. The fourth-order valence-corrected chi connectivity index (χ4v) is 2.24. The van der Waals surface area contributed by atoms with E-state index < -0.39 is 23.1 Å². The number of nitrogens with two attached hydrogens (primary N) is 1. The number of piperidine rings is 1. The molecule has 0 unspecified atom stereocenters. The predicted octanol–water partition coefficient (Wildman–Crippen LogP) is 3.23. The van der Waals surface area contributed by atoms with E-state index in [1.807, 2.05) is 0 Å². The van der Waals surface area contributed by atoms with Crippen LogP contribution in [0.4, 0.5) is 17.6 Å². The molecule has 116 valence electrons. The quantitative estimate of drug-likeness (QED) is 0.774. The van der Waals surface area contributed by atoms with Crippen LogP contribution < -0.4 is 11.1 Å². The van der Waals surface area contributed by atoms with Gasteiger partial charge in [0.05, 0.1) is 5.56 Å². The number of alkyl halides is 3. The molecule has 1 heterocycles. The van der Waals surface area contributed by atoms with Crippen molar-refractivity contribution in [1.82, 2.24) is 5.32 Å². The molecule has 20 heavy (non-hydrogen) atoms. The van der Waals surface area contributed by atoms with Crippen molar-refractivity contribution in [1.29, 1.82) is 0 Å². The van der Waals surface area contributed by atoms with Crippen molar-refractivity contribution in [2.75, 3.05) is 13.1 Å². The Balaban J connectivity index is 0.00000180. The minimum atomic E-state index is -4.53. The maximum Gasteiger partial charge on any atom is 0.416 e. The van der Waals surface area contributed by atoms with Crippen molar-refractivity contribution < 1.29 is 17.6 Å². The average Bonchev–Trinajstić information content (AvgIpc) is 2.28. The summed E-state index contributed by atoms with van der Waals surface area (Å²) in [6.07, 6.45) is -3.51. The lowest BCUT2D eigenvalue weighted by molar-refractivity contribution is -0.137. The Morgan fingerprint density at radius 3 is 2.10 bits per heavy atom. The van der Waals surface area contributed by atoms with E-state index in [0.29, 0.717) is 32.0 Å². The fraction of sp³-hybridized carbons (Fsp3) is 0.500. The summed E-state index contributed by atoms with van der Waals surface area (Å²) in [6, 6.07) is 2.56. The summed E-state index contributed by atoms with van der Waals surface area (Å²) < 4.78 is 51.1. The summed E-state index contributed by atoms with van der Waals surface area (Å²) in [5.74, 6) is -0.880. The second-order valence-electron chi connectivity index (χ2n) is 4.60. The molecular formula is C12H16Cl2F4N2. The van der Waals surface area contributed by atoms with Crippen molar-refractivity contribution in [2.45, 2.75) is 24.6 Å². The zero-order valence-electron chi connectivity index (χ0n) is 10.5. The summed E-state index contributed by atoms with van der Waals surface area (Å²) in [5, 5.41) is 3.08. The highest BCUT2D eigenvalue weighted by molar-refractivity contribution is 5.85. The van der Waals surface area contributed by atoms with Crippen LogP contribution in [0.1, 0.15) is 24.0 Å². The third kappa shape index (κ3) is 3.97. The van der Waals surface area contributed by atoms with Gasteiger partial charge in [0.2, 0.25) is 0 Å². The highest BCUT2D eigenvalue weighted by atomic mass is 35.5. The Labute approximate surface area is 126 Å². The molecule has 1 aliphatic rings. The zero-order valence-corrected chi connectivity index (χ0v) is 12.1. The van der Waals surface area contributed by atoms with Crippen molar-refractivity contribution >= 4 is 24.8 Å². The van der Waals surface area contributed by atoms with E-state index in [9.17, 15) is 17.6 Å². The normalized spacial score (nSPS) is 17.9. The number of rotatable bonds is 1. The van der Waals surface area contributed by atoms with E-state index in [0.717, 1.165) is 12.1 Å². The molecule has 1 aromatic rings. The van der Waals surface area contributed by atoms with Crippen LogP contribution in [0.3, 0.4) is 0 Å². The van der Waals surface area contributed by atoms with Gasteiger partial charge in [-0.1, -0.05) is 6.07 Å². The van der Waals surface area contributed by atoms with Gasteiger partial charge in [-0.3, -0.25) is 0 Å². The van der Waals surface area contributed by atoms with Crippen LogP contribution in [-0.2, 0) is 11.7 Å². The van der Waals surface area contributed by atoms with Crippen molar-refractivity contribution in [3.63, 3.8) is 0 Å². The Morgan fingerprint density at radius 1 is 1.10 bits per heavy atom. The first-order chi connectivity index (χ1) is 8.33. The summed E-state index contributed by atoms with van der Waals surface area (Å²) >= 11 is 0. The third-order valence-electron chi connectivity index (χ3n) is 3.33. The standard InChI is InChI=1S/C12H14F4N2.2ClH/c13-10-7-8(12(14,15)16)1-2-9(10)11(17)3-5-18-6-4-11;;/h1-2,7,18H,3-6,17H2;2*1H. The first-order valence-electron chi connectivity index (χ1n) is 5.70. The first-order valence-corrected chi connectivity index (χ1v) is 5.70. The predicted molar refractivity (Wildman–Crippen MR) is 73.9 cm³/mol. The first kappa shape index (κ1) is 19.4. The molecule has 0 aliphatic carbocycles. The van der Waals surface area contributed by atoms with Crippen LogP contribution >= 0.6 is 24.8 Å². The minimum absolute atomic E-state index is 0. The number of benzene rings is 1. The topological polar surface area (TPSA) is 38.0 Å². The van der Waals surface area contributed by atoms with E-state index in [4.69, 9.17) is 5.73 Å². The molecule has 0 radical (unpaired) electrons. The van der Waals surface area contributed by atoms with Crippen LogP contribution in [0.25, 0.3) is 0 Å². The molecule has 2 rings (SSSR count). The number of hydrogen-bond donors (Lipinski definition) is 2. The lowest BCUT2D eigenvalue weighted by Crippen LogP contribution is -2.47. The highest BCUT2D eigenvalue weighted by Crippen LogP contribution is 2.34. The minimum Gasteiger partial charge on any atom is -0.321 e. The van der Waals surface area contributed by atoms with Crippen LogP contribution in [0.2, 0.25) is 0 Å². The average molecular weight is 335 g/mol. The summed E-state index contributed by atoms with van der Waals surface area (Å²) in [6.45, 7) is 1.27. The maximum absolute atomic E-state index is 13.8. The molecule has 8 heteroatoms. The van der Waals surface area contributed by atoms with E-state index in [2.05, 4.69) is 5.32 Å². The molecule has 0 bridgehead atoms. The largest absolute Gasteiger partial charge is 0.416 e. The Morgan fingerprint density at radius 2 is 1.65 bits per heavy atom. The Bertz CT molecular complexity index is 446. The van der Waals surface area contributed by atoms with Crippen LogP contribution in [0.15, 0.2) is 18.2 Å². The molecule has 1 aromatic carbocycles. The summed E-state index contributed by atoms with van der Waals surface area (Å²) in [4.78, 5) is 0. The van der Waals surface area contributed by atoms with Crippen molar-refractivity contribution in [3.05, 3.63) is 35.1 Å². The van der Waals surface area contributed by atoms with Crippen molar-refractivity contribution in [3.8, 4) is 0 Å². The monoisotopic (exact) mass is 334 g/mol. The fourth-order valence-electron chi connectivity index (χ4n) is 2.24. The Hall–Kier alpha value is -0.560. The second kappa shape index (κ2) is 6.93. The van der Waals surface area contributed by atoms with Gasteiger partial charge >= 0.3 is 6.18 Å². The molecule has 2 nitrogen and oxygen atoms in total. The van der Waals surface area contributed by atoms with Crippen LogP contribution in [-0.4, -0.2) is 13.1 Å². The maximum atomic E-state index is 13.8. The summed E-state index contributed by atoms with van der Waals surface area (Å²) in [7, 11) is 0. The number of halogens is 6. The van der Waals surface area contributed by atoms with Gasteiger partial charge in [0.1, 0.15) is 5.82 Å². The second-order valence-corrected chi connectivity index (χ2v) is 4.60. The Kier molecular flexibility index (Phi) is 6.74. The molecule has 3 N–H and O–H groups in total. The highest BCUT2D eigenvalue weighted by Gasteiger charge is 2.35. The third-order valence-corrected chi connectivity index (χ3v) is 3.33. The molecule has 0 aromatic heterocycles. The van der Waals surface area contributed by atoms with Gasteiger partial charge in [-0.25, -0.2) is 4.39 Å². The smallest absolute Gasteiger partial charge is 0.321 e. The lowest BCUT2D eigenvalue weighted by Gasteiger charge is -2.34. The zero-order chi connectivity index (χ0) is 13.4. The van der Waals surface area contributed by atoms with Gasteiger partial charge in [0.25, 0.3) is 0 Å². The summed E-state index contributed by atoms with van der Waals surface area (Å²) in [5.41, 5.74) is 4.38. The van der Waals surface area contributed by atoms with Gasteiger partial charge in [-0.05, 0) is 38.1 Å².